The zero-order valence-electron chi connectivity index (χ0n) is 9.14. The van der Waals surface area contributed by atoms with Crippen LogP contribution in [-0.2, 0) is 6.42 Å². The summed E-state index contributed by atoms with van der Waals surface area (Å²) in [5.41, 5.74) is 14.9. The van der Waals surface area contributed by atoms with Crippen LogP contribution in [0.2, 0.25) is 0 Å². The van der Waals surface area contributed by atoms with Crippen LogP contribution in [0, 0.1) is 0 Å². The molecule has 16 heavy (non-hydrogen) atoms. The molecule has 0 amide bonds. The second-order valence-electron chi connectivity index (χ2n) is 3.96. The normalized spacial score (nSPS) is 12.3. The average molecular weight is 212 g/mol. The maximum absolute atomic E-state index is 6.13. The van der Waals surface area contributed by atoms with Gasteiger partial charge < -0.3 is 11.5 Å². The molecule has 0 saturated heterocycles. The number of nitrogen functional groups attached to an aromatic ring is 1. The largest absolute Gasteiger partial charge is 0.399 e. The maximum Gasteiger partial charge on any atom is 0.0335 e. The highest BCUT2D eigenvalue weighted by Crippen LogP contribution is 2.16. The number of nitrogens with two attached hydrogens (primary N) is 2. The molecule has 0 aliphatic heterocycles. The van der Waals surface area contributed by atoms with E-state index in [1.807, 2.05) is 42.5 Å². The SMILES string of the molecule is Nc1ccc(C[C@H](N)c2ccccc2)cc1. The van der Waals surface area contributed by atoms with E-state index < -0.39 is 0 Å². The highest BCUT2D eigenvalue weighted by Gasteiger charge is 2.05. The van der Waals surface area contributed by atoms with Crippen molar-refractivity contribution < 1.29 is 0 Å². The van der Waals surface area contributed by atoms with Crippen LogP contribution in [0.15, 0.2) is 54.6 Å². The summed E-state index contributed by atoms with van der Waals surface area (Å²) in [6.07, 6.45) is 0.838. The molecule has 0 heterocycles. The molecule has 0 fully saturated rings. The third kappa shape index (κ3) is 2.61. The van der Waals surface area contributed by atoms with E-state index in [4.69, 9.17) is 11.5 Å². The summed E-state index contributed by atoms with van der Waals surface area (Å²) in [5.74, 6) is 0. The van der Waals surface area contributed by atoms with E-state index in [9.17, 15) is 0 Å². The Morgan fingerprint density at radius 2 is 1.50 bits per heavy atom. The lowest BCUT2D eigenvalue weighted by Crippen LogP contribution is -2.13. The van der Waals surface area contributed by atoms with Crippen molar-refractivity contribution in [3.8, 4) is 0 Å². The predicted octanol–water partition coefficient (Wildman–Crippen LogP) is 2.51. The molecule has 2 aromatic rings. The summed E-state index contributed by atoms with van der Waals surface area (Å²) in [5, 5.41) is 0. The maximum atomic E-state index is 6.13. The number of rotatable bonds is 3. The monoisotopic (exact) mass is 212 g/mol. The standard InChI is InChI=1S/C14H16N2/c15-13-8-6-11(7-9-13)10-14(16)12-4-2-1-3-5-12/h1-9,14H,10,15-16H2/t14-/m0/s1. The third-order valence-corrected chi connectivity index (χ3v) is 2.66. The molecule has 4 N–H and O–H groups in total. The van der Waals surface area contributed by atoms with Gasteiger partial charge in [-0.05, 0) is 29.7 Å². The number of anilines is 1. The van der Waals surface area contributed by atoms with Crippen LogP contribution in [0.3, 0.4) is 0 Å². The fraction of sp³-hybridized carbons (Fsp3) is 0.143. The van der Waals surface area contributed by atoms with Gasteiger partial charge in [0.1, 0.15) is 0 Å². The van der Waals surface area contributed by atoms with E-state index >= 15 is 0 Å². The van der Waals surface area contributed by atoms with Crippen LogP contribution >= 0.6 is 0 Å². The Bertz CT molecular complexity index is 434. The molecule has 0 bridgehead atoms. The second-order valence-corrected chi connectivity index (χ2v) is 3.96. The number of hydrogen-bond acceptors (Lipinski definition) is 2. The van der Waals surface area contributed by atoms with Crippen LogP contribution in [0.25, 0.3) is 0 Å². The Hall–Kier alpha value is -1.80. The molecule has 82 valence electrons. The van der Waals surface area contributed by atoms with Gasteiger partial charge in [-0.2, -0.15) is 0 Å². The van der Waals surface area contributed by atoms with Crippen LogP contribution in [-0.4, -0.2) is 0 Å². The van der Waals surface area contributed by atoms with Crippen molar-refractivity contribution in [2.24, 2.45) is 5.73 Å². The van der Waals surface area contributed by atoms with E-state index in [1.54, 1.807) is 0 Å². The summed E-state index contributed by atoms with van der Waals surface area (Å²) in [7, 11) is 0. The van der Waals surface area contributed by atoms with Crippen molar-refractivity contribution >= 4 is 5.69 Å². The van der Waals surface area contributed by atoms with E-state index in [0.29, 0.717) is 0 Å². The molecule has 2 rings (SSSR count). The van der Waals surface area contributed by atoms with Gasteiger partial charge in [0, 0.05) is 11.7 Å². The summed E-state index contributed by atoms with van der Waals surface area (Å²) in [6, 6.07) is 18.1. The summed E-state index contributed by atoms with van der Waals surface area (Å²) in [6.45, 7) is 0. The molecular weight excluding hydrogens is 196 g/mol. The molecule has 0 aromatic heterocycles. The van der Waals surface area contributed by atoms with Crippen LogP contribution < -0.4 is 11.5 Å². The minimum atomic E-state index is 0.0461. The highest BCUT2D eigenvalue weighted by atomic mass is 14.6. The van der Waals surface area contributed by atoms with Gasteiger partial charge in [0.2, 0.25) is 0 Å². The van der Waals surface area contributed by atoms with E-state index in [2.05, 4.69) is 12.1 Å². The van der Waals surface area contributed by atoms with Gasteiger partial charge in [-0.15, -0.1) is 0 Å². The molecule has 0 saturated carbocycles. The van der Waals surface area contributed by atoms with Crippen LogP contribution in [0.1, 0.15) is 17.2 Å². The molecule has 0 aliphatic rings. The molecule has 2 heteroatoms. The second kappa shape index (κ2) is 4.81. The topological polar surface area (TPSA) is 52.0 Å². The van der Waals surface area contributed by atoms with Gasteiger partial charge in [0.15, 0.2) is 0 Å². The number of hydrogen-bond donors (Lipinski definition) is 2. The Kier molecular flexibility index (Phi) is 3.22. The molecule has 0 radical (unpaired) electrons. The van der Waals surface area contributed by atoms with Crippen molar-refractivity contribution in [1.82, 2.24) is 0 Å². The molecule has 1 atom stereocenters. The Balaban J connectivity index is 2.08. The Labute approximate surface area is 95.9 Å². The highest BCUT2D eigenvalue weighted by molar-refractivity contribution is 5.39. The van der Waals surface area contributed by atoms with Crippen molar-refractivity contribution in [3.05, 3.63) is 65.7 Å². The van der Waals surface area contributed by atoms with E-state index in [-0.39, 0.29) is 6.04 Å². The first-order valence-corrected chi connectivity index (χ1v) is 5.40. The van der Waals surface area contributed by atoms with E-state index in [1.165, 1.54) is 11.1 Å². The smallest absolute Gasteiger partial charge is 0.0335 e. The molecule has 2 aromatic carbocycles. The van der Waals surface area contributed by atoms with Gasteiger partial charge in [-0.3, -0.25) is 0 Å². The van der Waals surface area contributed by atoms with Crippen molar-refractivity contribution in [3.63, 3.8) is 0 Å². The molecule has 0 aliphatic carbocycles. The lowest BCUT2D eigenvalue weighted by atomic mass is 10.00. The van der Waals surface area contributed by atoms with Gasteiger partial charge in [0.25, 0.3) is 0 Å². The first-order chi connectivity index (χ1) is 7.75. The van der Waals surface area contributed by atoms with Crippen LogP contribution in [0.5, 0.6) is 0 Å². The minimum Gasteiger partial charge on any atom is -0.399 e. The first kappa shape index (κ1) is 10.7. The molecular formula is C14H16N2. The lowest BCUT2D eigenvalue weighted by molar-refractivity contribution is 0.722. The lowest BCUT2D eigenvalue weighted by Gasteiger charge is -2.12. The average Bonchev–Trinajstić information content (AvgIpc) is 2.33. The van der Waals surface area contributed by atoms with E-state index in [0.717, 1.165) is 12.1 Å². The number of benzene rings is 2. The zero-order chi connectivity index (χ0) is 11.4. The van der Waals surface area contributed by atoms with Crippen molar-refractivity contribution in [2.75, 3.05) is 5.73 Å². The molecule has 2 nitrogen and oxygen atoms in total. The summed E-state index contributed by atoms with van der Waals surface area (Å²) in [4.78, 5) is 0. The van der Waals surface area contributed by atoms with Gasteiger partial charge in [-0.1, -0.05) is 42.5 Å². The van der Waals surface area contributed by atoms with Gasteiger partial charge in [-0.25, -0.2) is 0 Å². The third-order valence-electron chi connectivity index (χ3n) is 2.66. The molecule has 0 unspecified atom stereocenters. The fourth-order valence-corrected chi connectivity index (χ4v) is 1.73. The fourth-order valence-electron chi connectivity index (χ4n) is 1.73. The Morgan fingerprint density at radius 1 is 0.875 bits per heavy atom. The molecule has 0 spiro atoms. The van der Waals surface area contributed by atoms with Gasteiger partial charge in [0.05, 0.1) is 0 Å². The van der Waals surface area contributed by atoms with Gasteiger partial charge >= 0.3 is 0 Å². The summed E-state index contributed by atoms with van der Waals surface area (Å²) >= 11 is 0. The Morgan fingerprint density at radius 3 is 2.12 bits per heavy atom. The minimum absolute atomic E-state index is 0.0461. The zero-order valence-corrected chi connectivity index (χ0v) is 9.14. The first-order valence-electron chi connectivity index (χ1n) is 5.40. The quantitative estimate of drug-likeness (QED) is 0.768. The van der Waals surface area contributed by atoms with Crippen molar-refractivity contribution in [2.45, 2.75) is 12.5 Å². The van der Waals surface area contributed by atoms with Crippen LogP contribution in [0.4, 0.5) is 5.69 Å². The summed E-state index contributed by atoms with van der Waals surface area (Å²) < 4.78 is 0. The predicted molar refractivity (Wildman–Crippen MR) is 67.9 cm³/mol. The van der Waals surface area contributed by atoms with Crippen molar-refractivity contribution in [1.29, 1.82) is 0 Å².